The topological polar surface area (TPSA) is 67.2 Å². The predicted octanol–water partition coefficient (Wildman–Crippen LogP) is 4.14. The lowest BCUT2D eigenvalue weighted by atomic mass is 10.1. The zero-order valence-corrected chi connectivity index (χ0v) is 17.2. The average molecular weight is 417 g/mol. The smallest absolute Gasteiger partial charge is 0.268 e. The van der Waals surface area contributed by atoms with Crippen molar-refractivity contribution in [3.05, 3.63) is 101 Å². The van der Waals surface area contributed by atoms with Gasteiger partial charge in [-0.15, -0.1) is 11.3 Å². The van der Waals surface area contributed by atoms with Gasteiger partial charge in [0.25, 0.3) is 11.8 Å². The lowest BCUT2D eigenvalue weighted by Crippen LogP contribution is -2.30. The van der Waals surface area contributed by atoms with Gasteiger partial charge < -0.3 is 10.2 Å². The summed E-state index contributed by atoms with van der Waals surface area (Å²) < 4.78 is 1.77. The molecular formula is C23H20N4O2S. The Bertz CT molecular complexity index is 1150. The van der Waals surface area contributed by atoms with Crippen LogP contribution in [0.25, 0.3) is 5.69 Å². The van der Waals surface area contributed by atoms with Crippen molar-refractivity contribution in [3.8, 4) is 5.69 Å². The van der Waals surface area contributed by atoms with Crippen molar-refractivity contribution in [1.82, 2.24) is 15.1 Å². The third-order valence-electron chi connectivity index (χ3n) is 4.66. The summed E-state index contributed by atoms with van der Waals surface area (Å²) in [5, 5.41) is 9.13. The molecule has 2 heterocycles. The number of amides is 2. The van der Waals surface area contributed by atoms with E-state index in [0.717, 1.165) is 11.3 Å². The molecule has 30 heavy (non-hydrogen) atoms. The Hall–Kier alpha value is -3.71. The van der Waals surface area contributed by atoms with E-state index in [1.54, 1.807) is 42.2 Å². The van der Waals surface area contributed by atoms with Gasteiger partial charge in [0.15, 0.2) is 0 Å². The standard InChI is InChI=1S/C23H20N4O2S/c1-26(23(29)21-12-7-13-30-21)20-11-6-5-10-19(20)22(28)24-14-17-15-25-27(16-17)18-8-3-2-4-9-18/h2-13,15-16H,14H2,1H3,(H,24,28). The minimum Gasteiger partial charge on any atom is -0.348 e. The van der Waals surface area contributed by atoms with E-state index >= 15 is 0 Å². The van der Waals surface area contributed by atoms with Crippen molar-refractivity contribution in [3.63, 3.8) is 0 Å². The number of aromatic nitrogens is 2. The summed E-state index contributed by atoms with van der Waals surface area (Å²) in [5.41, 5.74) is 2.84. The number of thiophene rings is 1. The molecule has 2 aromatic carbocycles. The summed E-state index contributed by atoms with van der Waals surface area (Å²) in [5.74, 6) is -0.390. The molecule has 150 valence electrons. The normalized spacial score (nSPS) is 10.6. The Balaban J connectivity index is 1.47. The highest BCUT2D eigenvalue weighted by Crippen LogP contribution is 2.22. The van der Waals surface area contributed by atoms with Crippen molar-refractivity contribution in [2.75, 3.05) is 11.9 Å². The van der Waals surface area contributed by atoms with E-state index < -0.39 is 0 Å². The van der Waals surface area contributed by atoms with Crippen molar-refractivity contribution < 1.29 is 9.59 Å². The van der Waals surface area contributed by atoms with Gasteiger partial charge >= 0.3 is 0 Å². The maximum absolute atomic E-state index is 12.9. The second-order valence-electron chi connectivity index (χ2n) is 6.67. The molecule has 0 spiro atoms. The highest BCUT2D eigenvalue weighted by Gasteiger charge is 2.20. The van der Waals surface area contributed by atoms with Crippen LogP contribution < -0.4 is 10.2 Å². The predicted molar refractivity (Wildman–Crippen MR) is 118 cm³/mol. The Morgan fingerprint density at radius 2 is 1.80 bits per heavy atom. The monoisotopic (exact) mass is 416 g/mol. The molecule has 0 saturated carbocycles. The summed E-state index contributed by atoms with van der Waals surface area (Å²) in [6.07, 6.45) is 3.61. The van der Waals surface area contributed by atoms with Crippen LogP contribution in [-0.4, -0.2) is 28.6 Å². The minimum atomic E-state index is -0.246. The fourth-order valence-electron chi connectivity index (χ4n) is 3.08. The molecule has 1 N–H and O–H groups in total. The first-order valence-electron chi connectivity index (χ1n) is 9.41. The van der Waals surface area contributed by atoms with Gasteiger partial charge in [-0.05, 0) is 35.7 Å². The zero-order valence-electron chi connectivity index (χ0n) is 16.4. The van der Waals surface area contributed by atoms with E-state index in [1.807, 2.05) is 54.0 Å². The lowest BCUT2D eigenvalue weighted by molar-refractivity contribution is 0.0951. The maximum atomic E-state index is 12.9. The van der Waals surface area contributed by atoms with E-state index in [2.05, 4.69) is 10.4 Å². The number of hydrogen-bond donors (Lipinski definition) is 1. The Morgan fingerprint density at radius 1 is 1.03 bits per heavy atom. The van der Waals surface area contributed by atoms with Gasteiger partial charge in [-0.1, -0.05) is 36.4 Å². The second-order valence-corrected chi connectivity index (χ2v) is 7.62. The molecule has 0 bridgehead atoms. The number of nitrogens with zero attached hydrogens (tertiary/aromatic N) is 3. The summed E-state index contributed by atoms with van der Waals surface area (Å²) in [4.78, 5) is 27.7. The molecule has 0 fully saturated rings. The first-order valence-corrected chi connectivity index (χ1v) is 10.3. The van der Waals surface area contributed by atoms with E-state index in [9.17, 15) is 9.59 Å². The number of carbonyl (C=O) groups excluding carboxylic acids is 2. The van der Waals surface area contributed by atoms with Gasteiger partial charge in [-0.25, -0.2) is 4.68 Å². The number of nitrogens with one attached hydrogen (secondary N) is 1. The summed E-state index contributed by atoms with van der Waals surface area (Å²) >= 11 is 1.38. The third kappa shape index (κ3) is 4.16. The van der Waals surface area contributed by atoms with Crippen molar-refractivity contribution in [2.24, 2.45) is 0 Å². The highest BCUT2D eigenvalue weighted by atomic mass is 32.1. The Kier molecular flexibility index (Phi) is 5.72. The van der Waals surface area contributed by atoms with Crippen LogP contribution in [0.15, 0.2) is 84.5 Å². The summed E-state index contributed by atoms with van der Waals surface area (Å²) in [6.45, 7) is 0.336. The number of benzene rings is 2. The molecule has 2 amide bonds. The SMILES string of the molecule is CN(C(=O)c1cccs1)c1ccccc1C(=O)NCc1cnn(-c2ccccc2)c1. The number of carbonyl (C=O) groups is 2. The Labute approximate surface area is 178 Å². The van der Waals surface area contributed by atoms with Crippen molar-refractivity contribution >= 4 is 28.8 Å². The van der Waals surface area contributed by atoms with Crippen LogP contribution in [0, 0.1) is 0 Å². The molecule has 4 aromatic rings. The molecule has 6 nitrogen and oxygen atoms in total. The first kappa shape index (κ1) is 19.6. The molecule has 0 unspecified atom stereocenters. The van der Waals surface area contributed by atoms with Crippen LogP contribution in [-0.2, 0) is 6.54 Å². The molecular weight excluding hydrogens is 396 g/mol. The molecule has 4 rings (SSSR count). The van der Waals surface area contributed by atoms with Crippen molar-refractivity contribution in [2.45, 2.75) is 6.54 Å². The van der Waals surface area contributed by atoms with Crippen LogP contribution in [0.4, 0.5) is 5.69 Å². The van der Waals surface area contributed by atoms with Crippen LogP contribution in [0.3, 0.4) is 0 Å². The number of anilines is 1. The molecule has 0 radical (unpaired) electrons. The summed E-state index contributed by atoms with van der Waals surface area (Å²) in [6, 6.07) is 20.5. The number of para-hydroxylation sites is 2. The maximum Gasteiger partial charge on any atom is 0.268 e. The second kappa shape index (κ2) is 8.75. The van der Waals surface area contributed by atoms with Crippen LogP contribution >= 0.6 is 11.3 Å². The largest absolute Gasteiger partial charge is 0.348 e. The number of rotatable bonds is 6. The average Bonchev–Trinajstić information content (AvgIpc) is 3.49. The molecule has 0 aliphatic heterocycles. The van der Waals surface area contributed by atoms with Gasteiger partial charge in [-0.2, -0.15) is 5.10 Å². The zero-order chi connectivity index (χ0) is 20.9. The lowest BCUT2D eigenvalue weighted by Gasteiger charge is -2.19. The number of hydrogen-bond acceptors (Lipinski definition) is 4. The minimum absolute atomic E-state index is 0.144. The molecule has 0 aliphatic carbocycles. The Morgan fingerprint density at radius 3 is 2.57 bits per heavy atom. The van der Waals surface area contributed by atoms with Gasteiger partial charge in [0.1, 0.15) is 0 Å². The molecule has 0 aliphatic rings. The summed E-state index contributed by atoms with van der Waals surface area (Å²) in [7, 11) is 1.68. The highest BCUT2D eigenvalue weighted by molar-refractivity contribution is 7.12. The van der Waals surface area contributed by atoms with Gasteiger partial charge in [0.2, 0.25) is 0 Å². The van der Waals surface area contributed by atoms with Crippen LogP contribution in [0.5, 0.6) is 0 Å². The van der Waals surface area contributed by atoms with Gasteiger partial charge in [-0.3, -0.25) is 9.59 Å². The molecule has 2 aromatic heterocycles. The fraction of sp³-hybridized carbons (Fsp3) is 0.0870. The van der Waals surface area contributed by atoms with E-state index in [-0.39, 0.29) is 11.8 Å². The quantitative estimate of drug-likeness (QED) is 0.514. The van der Waals surface area contributed by atoms with Crippen molar-refractivity contribution in [1.29, 1.82) is 0 Å². The third-order valence-corrected chi connectivity index (χ3v) is 5.51. The van der Waals surface area contributed by atoms with Crippen LogP contribution in [0.1, 0.15) is 25.6 Å². The van der Waals surface area contributed by atoms with E-state index in [0.29, 0.717) is 22.7 Å². The molecule has 0 saturated heterocycles. The molecule has 0 atom stereocenters. The van der Waals surface area contributed by atoms with Gasteiger partial charge in [0, 0.05) is 25.4 Å². The fourth-order valence-corrected chi connectivity index (χ4v) is 3.78. The van der Waals surface area contributed by atoms with Gasteiger partial charge in [0.05, 0.1) is 28.0 Å². The van der Waals surface area contributed by atoms with E-state index in [4.69, 9.17) is 0 Å². The first-order chi connectivity index (χ1) is 14.6. The molecule has 7 heteroatoms. The van der Waals surface area contributed by atoms with Crippen LogP contribution in [0.2, 0.25) is 0 Å². The van der Waals surface area contributed by atoms with E-state index in [1.165, 1.54) is 16.2 Å².